The number of hydrogen-bond acceptors (Lipinski definition) is 7. The minimum absolute atomic E-state index is 0.0124. The maximum absolute atomic E-state index is 13.2. The zero-order valence-corrected chi connectivity index (χ0v) is 17.8. The van der Waals surface area contributed by atoms with E-state index < -0.39 is 5.83 Å². The van der Waals surface area contributed by atoms with E-state index in [1.54, 1.807) is 0 Å². The summed E-state index contributed by atoms with van der Waals surface area (Å²) in [6.07, 6.45) is 2.68. The van der Waals surface area contributed by atoms with E-state index in [9.17, 15) is 4.39 Å². The normalized spacial score (nSPS) is 16.4. The molecule has 160 valence electrons. The predicted molar refractivity (Wildman–Crippen MR) is 118 cm³/mol. The highest BCUT2D eigenvalue weighted by Crippen LogP contribution is 2.26. The monoisotopic (exact) mass is 432 g/mol. The van der Waals surface area contributed by atoms with E-state index in [-0.39, 0.29) is 17.6 Å². The van der Waals surface area contributed by atoms with Crippen molar-refractivity contribution >= 4 is 24.3 Å². The van der Waals surface area contributed by atoms with Crippen molar-refractivity contribution in [3.8, 4) is 5.69 Å². The van der Waals surface area contributed by atoms with Crippen LogP contribution in [0.1, 0.15) is 25.6 Å². The topological polar surface area (TPSA) is 102 Å². The summed E-state index contributed by atoms with van der Waals surface area (Å²) in [6.45, 7) is 8.17. The van der Waals surface area contributed by atoms with Crippen LogP contribution >= 0.6 is 11.6 Å². The van der Waals surface area contributed by atoms with Crippen LogP contribution in [0.15, 0.2) is 52.7 Å². The summed E-state index contributed by atoms with van der Waals surface area (Å²) in [7, 11) is 0. The lowest BCUT2D eigenvalue weighted by atomic mass is 10.0. The molecule has 0 unspecified atom stereocenters. The smallest absolute Gasteiger partial charge is 0.231 e. The zero-order chi connectivity index (χ0) is 21.8. The van der Waals surface area contributed by atoms with E-state index in [2.05, 4.69) is 26.8 Å². The molecular weight excluding hydrogens is 407 g/mol. The highest BCUT2D eigenvalue weighted by Gasteiger charge is 2.28. The van der Waals surface area contributed by atoms with Gasteiger partial charge in [0.15, 0.2) is 5.82 Å². The van der Waals surface area contributed by atoms with Crippen LogP contribution in [0, 0.1) is 6.92 Å². The molecule has 0 amide bonds. The molecule has 10 heteroatoms. The Morgan fingerprint density at radius 3 is 2.50 bits per heavy atom. The molecule has 1 fully saturated rings. The highest BCUT2D eigenvalue weighted by molar-refractivity contribution is 6.30. The fraction of sp³-hybridized carbons (Fsp3) is 0.350. The molecule has 0 radical (unpaired) electrons. The van der Waals surface area contributed by atoms with E-state index in [1.807, 2.05) is 35.8 Å². The largest absolute Gasteiger partial charge is 0.396 e. The van der Waals surface area contributed by atoms with Crippen molar-refractivity contribution in [2.24, 2.45) is 16.6 Å². The fourth-order valence-electron chi connectivity index (χ4n) is 3.57. The van der Waals surface area contributed by atoms with Gasteiger partial charge in [-0.1, -0.05) is 11.6 Å². The van der Waals surface area contributed by atoms with Crippen molar-refractivity contribution in [3.63, 3.8) is 0 Å². The second-order valence-corrected chi connectivity index (χ2v) is 7.59. The van der Waals surface area contributed by atoms with Crippen LogP contribution < -0.4 is 16.5 Å². The third-order valence-corrected chi connectivity index (χ3v) is 5.29. The molecule has 1 saturated heterocycles. The Morgan fingerprint density at radius 2 is 1.93 bits per heavy atom. The molecule has 1 aliphatic heterocycles. The van der Waals surface area contributed by atoms with Crippen molar-refractivity contribution in [3.05, 3.63) is 58.5 Å². The molecule has 2 heterocycles. The minimum atomic E-state index is -0.422. The van der Waals surface area contributed by atoms with Crippen LogP contribution in [-0.2, 0) is 0 Å². The number of anilines is 1. The minimum Gasteiger partial charge on any atom is -0.396 e. The van der Waals surface area contributed by atoms with Crippen LogP contribution in [0.3, 0.4) is 0 Å². The van der Waals surface area contributed by atoms with Crippen molar-refractivity contribution in [1.82, 2.24) is 19.8 Å². The summed E-state index contributed by atoms with van der Waals surface area (Å²) in [5.74, 6) is 7.65. The maximum atomic E-state index is 13.2. The molecule has 0 aliphatic carbocycles. The van der Waals surface area contributed by atoms with Crippen molar-refractivity contribution in [1.29, 1.82) is 0 Å². The number of nitrogens with two attached hydrogens (primary N) is 2. The molecule has 0 atom stereocenters. The van der Waals surface area contributed by atoms with Gasteiger partial charge in [-0.2, -0.15) is 0 Å². The van der Waals surface area contributed by atoms with Gasteiger partial charge in [0, 0.05) is 18.1 Å². The summed E-state index contributed by atoms with van der Waals surface area (Å²) in [5.41, 5.74) is 7.01. The molecule has 8 nitrogen and oxygen atoms in total. The summed E-state index contributed by atoms with van der Waals surface area (Å²) in [5, 5.41) is 10.8. The standard InChI is InChI=1S/C20H26ClFN8/c1-13(22)12-18(23)19(25-3)30(24)17-8-10-28(11-9-17)20-27-26-14(2)29(20)16-6-4-15(21)5-7-16/h4-7,12,17H,3,8-11,23-24H2,1-2H3/b13-12+,19-18-. The van der Waals surface area contributed by atoms with Gasteiger partial charge < -0.3 is 10.6 Å². The molecule has 0 bridgehead atoms. The Hall–Kier alpha value is -2.91. The number of aryl methyl sites for hydroxylation is 1. The third-order valence-electron chi connectivity index (χ3n) is 5.04. The molecule has 2 aromatic rings. The number of nitrogens with zero attached hydrogens (tertiary/aromatic N) is 6. The number of rotatable bonds is 6. The highest BCUT2D eigenvalue weighted by atomic mass is 35.5. The second kappa shape index (κ2) is 9.27. The summed E-state index contributed by atoms with van der Waals surface area (Å²) in [6, 6.07) is 7.54. The van der Waals surface area contributed by atoms with Gasteiger partial charge in [-0.25, -0.2) is 15.2 Å². The molecule has 0 spiro atoms. The number of hydrazine groups is 1. The Balaban J connectivity index is 1.76. The zero-order valence-electron chi connectivity index (χ0n) is 17.1. The quantitative estimate of drug-likeness (QED) is 0.315. The van der Waals surface area contributed by atoms with E-state index in [0.29, 0.717) is 18.1 Å². The van der Waals surface area contributed by atoms with E-state index >= 15 is 0 Å². The molecule has 3 rings (SSSR count). The first-order chi connectivity index (χ1) is 14.3. The number of allylic oxidation sites excluding steroid dienone is 2. The lowest BCUT2D eigenvalue weighted by molar-refractivity contribution is 0.217. The Morgan fingerprint density at radius 1 is 1.30 bits per heavy atom. The average Bonchev–Trinajstić information content (AvgIpc) is 3.10. The van der Waals surface area contributed by atoms with Gasteiger partial charge in [0.2, 0.25) is 5.95 Å². The maximum Gasteiger partial charge on any atom is 0.231 e. The molecule has 4 N–H and O–H groups in total. The molecule has 30 heavy (non-hydrogen) atoms. The molecule has 0 saturated carbocycles. The van der Waals surface area contributed by atoms with Gasteiger partial charge in [0.05, 0.1) is 23.3 Å². The van der Waals surface area contributed by atoms with Gasteiger partial charge in [0.1, 0.15) is 5.82 Å². The number of halogens is 2. The number of aliphatic imine (C=N–C) groups is 1. The van der Waals surface area contributed by atoms with Crippen LogP contribution in [-0.4, -0.2) is 45.6 Å². The number of piperidine rings is 1. The average molecular weight is 433 g/mol. The van der Waals surface area contributed by atoms with E-state index in [0.717, 1.165) is 30.3 Å². The Bertz CT molecular complexity index is 954. The summed E-state index contributed by atoms with van der Waals surface area (Å²) in [4.78, 5) is 6.07. The first kappa shape index (κ1) is 21.8. The Kier molecular flexibility index (Phi) is 6.73. The lowest BCUT2D eigenvalue weighted by Crippen LogP contribution is -2.48. The molecule has 1 aromatic carbocycles. The van der Waals surface area contributed by atoms with Crippen LogP contribution in [0.25, 0.3) is 5.69 Å². The Labute approximate surface area is 180 Å². The van der Waals surface area contributed by atoms with Crippen LogP contribution in [0.5, 0.6) is 0 Å². The molecule has 1 aromatic heterocycles. The van der Waals surface area contributed by atoms with Crippen molar-refractivity contribution in [2.45, 2.75) is 32.7 Å². The number of benzene rings is 1. The lowest BCUT2D eigenvalue weighted by Gasteiger charge is -2.37. The van der Waals surface area contributed by atoms with Gasteiger partial charge in [-0.3, -0.25) is 9.58 Å². The SMILES string of the molecule is C=N/C(=C(N)\C=C(/C)F)N(N)C1CCN(c2nnc(C)n2-c2ccc(Cl)cc2)CC1. The summed E-state index contributed by atoms with van der Waals surface area (Å²) < 4.78 is 15.2. The third kappa shape index (κ3) is 4.63. The van der Waals surface area contributed by atoms with Crippen molar-refractivity contribution in [2.75, 3.05) is 18.0 Å². The summed E-state index contributed by atoms with van der Waals surface area (Å²) >= 11 is 6.02. The fourth-order valence-corrected chi connectivity index (χ4v) is 3.69. The van der Waals surface area contributed by atoms with Crippen molar-refractivity contribution < 1.29 is 4.39 Å². The van der Waals surface area contributed by atoms with Crippen LogP contribution in [0.2, 0.25) is 5.02 Å². The van der Waals surface area contributed by atoms with Crippen LogP contribution in [0.4, 0.5) is 10.3 Å². The van der Waals surface area contributed by atoms with Gasteiger partial charge in [0.25, 0.3) is 0 Å². The van der Waals surface area contributed by atoms with E-state index in [1.165, 1.54) is 18.0 Å². The first-order valence-corrected chi connectivity index (χ1v) is 9.96. The predicted octanol–water partition coefficient (Wildman–Crippen LogP) is 3.08. The number of hydrogen-bond donors (Lipinski definition) is 2. The first-order valence-electron chi connectivity index (χ1n) is 9.59. The molecule has 1 aliphatic rings. The van der Waals surface area contributed by atoms with Gasteiger partial charge in [-0.05, 0) is 63.7 Å². The number of aromatic nitrogens is 3. The molecular formula is C20H26ClFN8. The second-order valence-electron chi connectivity index (χ2n) is 7.15. The van der Waals surface area contributed by atoms with E-state index in [4.69, 9.17) is 23.2 Å². The van der Waals surface area contributed by atoms with Gasteiger partial charge in [-0.15, -0.1) is 10.2 Å². The van der Waals surface area contributed by atoms with Gasteiger partial charge >= 0.3 is 0 Å².